The fourth-order valence-corrected chi connectivity index (χ4v) is 2.19. The van der Waals surface area contributed by atoms with Gasteiger partial charge < -0.3 is 16.0 Å². The third kappa shape index (κ3) is 3.83. The van der Waals surface area contributed by atoms with E-state index in [9.17, 15) is 4.79 Å². The summed E-state index contributed by atoms with van der Waals surface area (Å²) in [6.07, 6.45) is 0. The third-order valence-corrected chi connectivity index (χ3v) is 3.33. The summed E-state index contributed by atoms with van der Waals surface area (Å²) in [5, 5.41) is 2.77. The zero-order valence-electron chi connectivity index (χ0n) is 12.6. The maximum atomic E-state index is 11.1. The summed E-state index contributed by atoms with van der Waals surface area (Å²) in [4.78, 5) is 13.2. The number of hydrogen-bond donors (Lipinski definition) is 2. The molecule has 0 spiro atoms. The van der Waals surface area contributed by atoms with Crippen molar-refractivity contribution in [1.82, 2.24) is 0 Å². The Bertz CT molecular complexity index is 620. The van der Waals surface area contributed by atoms with Crippen molar-refractivity contribution in [3.05, 3.63) is 59.7 Å². The lowest BCUT2D eigenvalue weighted by Gasteiger charge is -2.17. The number of anilines is 2. The highest BCUT2D eigenvalue weighted by Gasteiger charge is 2.10. The number of nitrogens with two attached hydrogens (primary N) is 1. The number of hydrogen-bond acceptors (Lipinski definition) is 3. The average molecular weight is 283 g/mol. The van der Waals surface area contributed by atoms with Gasteiger partial charge in [0.25, 0.3) is 0 Å². The number of nitrogens with zero attached hydrogens (tertiary/aromatic N) is 1. The Hall–Kier alpha value is -2.33. The van der Waals surface area contributed by atoms with Gasteiger partial charge in [0.05, 0.1) is 6.04 Å². The molecule has 1 unspecified atom stereocenters. The van der Waals surface area contributed by atoms with Crippen LogP contribution in [-0.2, 0) is 4.79 Å². The molecule has 1 amide bonds. The zero-order valence-corrected chi connectivity index (χ0v) is 12.6. The van der Waals surface area contributed by atoms with E-state index < -0.39 is 0 Å². The minimum atomic E-state index is -0.213. The van der Waals surface area contributed by atoms with Crippen LogP contribution in [0.3, 0.4) is 0 Å². The van der Waals surface area contributed by atoms with Gasteiger partial charge >= 0.3 is 0 Å². The van der Waals surface area contributed by atoms with Crippen molar-refractivity contribution < 1.29 is 4.79 Å². The molecule has 3 N–H and O–H groups in total. The molecule has 2 rings (SSSR count). The van der Waals surface area contributed by atoms with Crippen LogP contribution in [0.2, 0.25) is 0 Å². The standard InChI is InChI=1S/C17H21N3O/c1-12(21)19-15-6-4-5-14(11-15)17(18)13-7-9-16(10-8-13)20(2)3/h4-11,17H,18H2,1-3H3,(H,19,21). The van der Waals surface area contributed by atoms with Crippen molar-refractivity contribution in [1.29, 1.82) is 0 Å². The Kier molecular flexibility index (Phi) is 4.60. The van der Waals surface area contributed by atoms with Crippen LogP contribution in [0.15, 0.2) is 48.5 Å². The smallest absolute Gasteiger partial charge is 0.221 e. The van der Waals surface area contributed by atoms with Gasteiger partial charge in [0.1, 0.15) is 0 Å². The predicted octanol–water partition coefficient (Wildman–Crippen LogP) is 2.76. The molecule has 110 valence electrons. The van der Waals surface area contributed by atoms with Crippen LogP contribution in [0.5, 0.6) is 0 Å². The van der Waals surface area contributed by atoms with Crippen LogP contribution < -0.4 is 16.0 Å². The monoisotopic (exact) mass is 283 g/mol. The van der Waals surface area contributed by atoms with Crippen LogP contribution in [0.1, 0.15) is 24.1 Å². The highest BCUT2D eigenvalue weighted by atomic mass is 16.1. The number of carbonyl (C=O) groups is 1. The molecule has 0 radical (unpaired) electrons. The minimum absolute atomic E-state index is 0.0870. The quantitative estimate of drug-likeness (QED) is 0.907. The van der Waals surface area contributed by atoms with Crippen LogP contribution >= 0.6 is 0 Å². The highest BCUT2D eigenvalue weighted by Crippen LogP contribution is 2.24. The van der Waals surface area contributed by atoms with Gasteiger partial charge in [0.2, 0.25) is 5.91 Å². The number of nitrogens with one attached hydrogen (secondary N) is 1. The summed E-state index contributed by atoms with van der Waals surface area (Å²) in [5.74, 6) is -0.0870. The third-order valence-electron chi connectivity index (χ3n) is 3.33. The van der Waals surface area contributed by atoms with E-state index in [1.807, 2.05) is 67.5 Å². The van der Waals surface area contributed by atoms with Crippen molar-refractivity contribution in [2.75, 3.05) is 24.3 Å². The zero-order chi connectivity index (χ0) is 15.4. The molecule has 1 atom stereocenters. The van der Waals surface area contributed by atoms with Gasteiger partial charge in [-0.05, 0) is 35.4 Å². The van der Waals surface area contributed by atoms with Crippen molar-refractivity contribution in [2.24, 2.45) is 5.73 Å². The van der Waals surface area contributed by atoms with E-state index in [1.165, 1.54) is 6.92 Å². The molecule has 2 aromatic rings. The van der Waals surface area contributed by atoms with E-state index >= 15 is 0 Å². The van der Waals surface area contributed by atoms with E-state index in [4.69, 9.17) is 5.73 Å². The normalized spacial score (nSPS) is 11.8. The van der Waals surface area contributed by atoms with Crippen molar-refractivity contribution in [3.8, 4) is 0 Å². The lowest BCUT2D eigenvalue weighted by molar-refractivity contribution is -0.114. The maximum absolute atomic E-state index is 11.1. The fraction of sp³-hybridized carbons (Fsp3) is 0.235. The molecule has 0 aliphatic rings. The Morgan fingerprint density at radius 2 is 1.76 bits per heavy atom. The van der Waals surface area contributed by atoms with E-state index in [1.54, 1.807) is 0 Å². The molecule has 0 saturated heterocycles. The highest BCUT2D eigenvalue weighted by molar-refractivity contribution is 5.88. The van der Waals surface area contributed by atoms with Gasteiger partial charge in [0, 0.05) is 32.4 Å². The lowest BCUT2D eigenvalue weighted by atomic mass is 9.99. The Morgan fingerprint density at radius 3 is 2.33 bits per heavy atom. The molecule has 0 aliphatic carbocycles. The summed E-state index contributed by atoms with van der Waals surface area (Å²) in [5.41, 5.74) is 10.2. The Balaban J connectivity index is 2.22. The van der Waals surface area contributed by atoms with Gasteiger partial charge in [0.15, 0.2) is 0 Å². The molecule has 0 aromatic heterocycles. The van der Waals surface area contributed by atoms with Crippen LogP contribution in [0.4, 0.5) is 11.4 Å². The van der Waals surface area contributed by atoms with Crippen LogP contribution in [0, 0.1) is 0 Å². The van der Waals surface area contributed by atoms with E-state index in [0.29, 0.717) is 0 Å². The van der Waals surface area contributed by atoms with Crippen molar-refractivity contribution in [3.63, 3.8) is 0 Å². The first-order chi connectivity index (χ1) is 9.97. The molecule has 0 saturated carbocycles. The van der Waals surface area contributed by atoms with Crippen molar-refractivity contribution in [2.45, 2.75) is 13.0 Å². The van der Waals surface area contributed by atoms with E-state index in [-0.39, 0.29) is 11.9 Å². The summed E-state index contributed by atoms with van der Waals surface area (Å²) < 4.78 is 0. The first-order valence-electron chi connectivity index (χ1n) is 6.88. The second-order valence-electron chi connectivity index (χ2n) is 5.27. The molecule has 0 bridgehead atoms. The number of carbonyl (C=O) groups excluding carboxylic acids is 1. The molecular formula is C17H21N3O. The number of amides is 1. The van der Waals surface area contributed by atoms with Gasteiger partial charge in [-0.15, -0.1) is 0 Å². The summed E-state index contributed by atoms with van der Waals surface area (Å²) in [7, 11) is 4.01. The van der Waals surface area contributed by atoms with Crippen LogP contribution in [0.25, 0.3) is 0 Å². The van der Waals surface area contributed by atoms with E-state index in [0.717, 1.165) is 22.5 Å². The predicted molar refractivity (Wildman–Crippen MR) is 87.5 cm³/mol. The molecular weight excluding hydrogens is 262 g/mol. The first kappa shape index (κ1) is 15.1. The van der Waals surface area contributed by atoms with Gasteiger partial charge in [-0.2, -0.15) is 0 Å². The maximum Gasteiger partial charge on any atom is 0.221 e. The SMILES string of the molecule is CC(=O)Nc1cccc(C(N)c2ccc(N(C)C)cc2)c1. The molecule has 4 heteroatoms. The van der Waals surface area contributed by atoms with Gasteiger partial charge in [-0.1, -0.05) is 24.3 Å². The lowest BCUT2D eigenvalue weighted by Crippen LogP contribution is -2.14. The number of rotatable bonds is 4. The molecule has 21 heavy (non-hydrogen) atoms. The Labute approximate surface area is 125 Å². The molecule has 4 nitrogen and oxygen atoms in total. The molecule has 2 aromatic carbocycles. The summed E-state index contributed by atoms with van der Waals surface area (Å²) in [6.45, 7) is 1.49. The topological polar surface area (TPSA) is 58.4 Å². The summed E-state index contributed by atoms with van der Waals surface area (Å²) >= 11 is 0. The molecule has 0 fully saturated rings. The summed E-state index contributed by atoms with van der Waals surface area (Å²) in [6, 6.07) is 15.6. The Morgan fingerprint density at radius 1 is 1.10 bits per heavy atom. The second-order valence-corrected chi connectivity index (χ2v) is 5.27. The molecule has 0 heterocycles. The van der Waals surface area contributed by atoms with Crippen molar-refractivity contribution >= 4 is 17.3 Å². The molecule has 0 aliphatic heterocycles. The first-order valence-corrected chi connectivity index (χ1v) is 6.88. The fourth-order valence-electron chi connectivity index (χ4n) is 2.19. The average Bonchev–Trinajstić information content (AvgIpc) is 2.46. The van der Waals surface area contributed by atoms with E-state index in [2.05, 4.69) is 5.32 Å². The van der Waals surface area contributed by atoms with Gasteiger partial charge in [-0.3, -0.25) is 4.79 Å². The van der Waals surface area contributed by atoms with Gasteiger partial charge in [-0.25, -0.2) is 0 Å². The number of benzene rings is 2. The second kappa shape index (κ2) is 6.41. The van der Waals surface area contributed by atoms with Crippen LogP contribution in [-0.4, -0.2) is 20.0 Å². The largest absolute Gasteiger partial charge is 0.378 e. The minimum Gasteiger partial charge on any atom is -0.378 e.